The molecule has 4 nitrogen and oxygen atoms in total. The van der Waals surface area contributed by atoms with Gasteiger partial charge >= 0.3 is 0 Å². The Kier molecular flexibility index (Phi) is 5.58. The lowest BCUT2D eigenvalue weighted by atomic mass is 10.2. The minimum Gasteiger partial charge on any atom is -0.324 e. The van der Waals surface area contributed by atoms with Gasteiger partial charge < -0.3 is 5.32 Å². The number of thiocarbonyl (C=S) groups is 1. The van der Waals surface area contributed by atoms with Crippen molar-refractivity contribution in [2.24, 2.45) is 0 Å². The number of carbonyl (C=O) groups excluding carboxylic acids is 2. The summed E-state index contributed by atoms with van der Waals surface area (Å²) in [6, 6.07) is 9.91. The summed E-state index contributed by atoms with van der Waals surface area (Å²) in [5.74, 6) is -0.557. The molecule has 128 valence electrons. The number of halogens is 1. The van der Waals surface area contributed by atoms with Crippen molar-refractivity contribution in [1.29, 1.82) is 0 Å². The molecule has 1 aromatic carbocycles. The Morgan fingerprint density at radius 3 is 2.68 bits per heavy atom. The lowest BCUT2D eigenvalue weighted by molar-refractivity contribution is -0.129. The van der Waals surface area contributed by atoms with E-state index in [9.17, 15) is 9.59 Å². The number of thioether (sulfide) groups is 1. The molecule has 1 aliphatic heterocycles. The predicted octanol–water partition coefficient (Wildman–Crippen LogP) is 4.63. The Labute approximate surface area is 163 Å². The van der Waals surface area contributed by atoms with E-state index in [1.165, 1.54) is 28.0 Å². The highest BCUT2D eigenvalue weighted by atomic mass is 35.5. The van der Waals surface area contributed by atoms with Crippen LogP contribution < -0.4 is 5.32 Å². The van der Waals surface area contributed by atoms with E-state index >= 15 is 0 Å². The smallest absolute Gasteiger partial charge is 0.266 e. The Morgan fingerprint density at radius 1 is 1.32 bits per heavy atom. The summed E-state index contributed by atoms with van der Waals surface area (Å²) in [5.41, 5.74) is 0.612. The third-order valence-electron chi connectivity index (χ3n) is 3.52. The molecule has 0 spiro atoms. The molecule has 1 unspecified atom stereocenters. The third kappa shape index (κ3) is 4.12. The largest absolute Gasteiger partial charge is 0.324 e. The monoisotopic (exact) mass is 408 g/mol. The average Bonchev–Trinajstić information content (AvgIpc) is 3.18. The zero-order valence-electron chi connectivity index (χ0n) is 13.1. The summed E-state index contributed by atoms with van der Waals surface area (Å²) >= 11 is 13.9. The molecule has 1 atom stereocenters. The number of hydrogen-bond donors (Lipinski definition) is 1. The second-order valence-electron chi connectivity index (χ2n) is 5.24. The first kappa shape index (κ1) is 18.1. The van der Waals surface area contributed by atoms with Crippen LogP contribution in [0.1, 0.15) is 11.8 Å². The molecule has 0 saturated carbocycles. The van der Waals surface area contributed by atoms with E-state index in [0.717, 1.165) is 4.88 Å². The van der Waals surface area contributed by atoms with Gasteiger partial charge in [0.1, 0.15) is 10.4 Å². The molecule has 2 heterocycles. The van der Waals surface area contributed by atoms with Crippen LogP contribution in [0.3, 0.4) is 0 Å². The summed E-state index contributed by atoms with van der Waals surface area (Å²) in [7, 11) is 0. The highest BCUT2D eigenvalue weighted by Crippen LogP contribution is 2.34. The number of nitrogens with zero attached hydrogens (tertiary/aromatic N) is 1. The number of anilines is 1. The van der Waals surface area contributed by atoms with Crippen LogP contribution in [0.5, 0.6) is 0 Å². The fraction of sp³-hybridized carbons (Fsp3) is 0.118. The van der Waals surface area contributed by atoms with Crippen molar-refractivity contribution in [3.05, 3.63) is 56.6 Å². The van der Waals surface area contributed by atoms with Crippen LogP contribution in [-0.4, -0.2) is 27.1 Å². The van der Waals surface area contributed by atoms with Crippen molar-refractivity contribution in [2.75, 3.05) is 5.32 Å². The Bertz CT molecular complexity index is 847. The zero-order valence-corrected chi connectivity index (χ0v) is 16.3. The highest BCUT2D eigenvalue weighted by molar-refractivity contribution is 8.26. The van der Waals surface area contributed by atoms with E-state index in [0.29, 0.717) is 19.9 Å². The maximum atomic E-state index is 12.6. The summed E-state index contributed by atoms with van der Waals surface area (Å²) in [6.07, 6.45) is 1.80. The molecule has 1 aliphatic rings. The van der Waals surface area contributed by atoms with Gasteiger partial charge in [0.25, 0.3) is 5.91 Å². The third-order valence-corrected chi connectivity index (χ3v) is 5.92. The first-order valence-electron chi connectivity index (χ1n) is 7.32. The normalized spacial score (nSPS) is 17.2. The van der Waals surface area contributed by atoms with Crippen molar-refractivity contribution in [3.63, 3.8) is 0 Å². The van der Waals surface area contributed by atoms with Crippen LogP contribution in [-0.2, 0) is 9.59 Å². The van der Waals surface area contributed by atoms with Gasteiger partial charge in [-0.25, -0.2) is 0 Å². The molecule has 2 aromatic rings. The molecular formula is C17H13ClN2O2S3. The number of benzene rings is 1. The van der Waals surface area contributed by atoms with Crippen LogP contribution in [0.15, 0.2) is 46.7 Å². The fourth-order valence-electron chi connectivity index (χ4n) is 2.21. The molecular weight excluding hydrogens is 396 g/mol. The number of amides is 2. The van der Waals surface area contributed by atoms with Gasteiger partial charge in [0.15, 0.2) is 0 Å². The molecule has 1 aromatic heterocycles. The number of hydrogen-bond acceptors (Lipinski definition) is 5. The van der Waals surface area contributed by atoms with E-state index in [2.05, 4.69) is 5.32 Å². The van der Waals surface area contributed by atoms with Crippen LogP contribution in [0.25, 0.3) is 6.08 Å². The lowest BCUT2D eigenvalue weighted by Gasteiger charge is -2.22. The lowest BCUT2D eigenvalue weighted by Crippen LogP contribution is -2.44. The van der Waals surface area contributed by atoms with Gasteiger partial charge in [0.05, 0.1) is 4.91 Å². The van der Waals surface area contributed by atoms with Gasteiger partial charge in [-0.1, -0.05) is 41.6 Å². The van der Waals surface area contributed by atoms with E-state index < -0.39 is 6.04 Å². The van der Waals surface area contributed by atoms with Crippen LogP contribution in [0.2, 0.25) is 5.02 Å². The second kappa shape index (κ2) is 7.70. The Morgan fingerprint density at radius 2 is 2.04 bits per heavy atom. The van der Waals surface area contributed by atoms with Gasteiger partial charge in [0, 0.05) is 15.6 Å². The second-order valence-corrected chi connectivity index (χ2v) is 8.33. The SMILES string of the molecule is CC(C(=O)Nc1ccc(Cl)cc1)N1C(=O)/C(=C/c2cccs2)SC1=S. The first-order chi connectivity index (χ1) is 12.0. The number of thiophene rings is 1. The van der Waals surface area contributed by atoms with E-state index in [1.807, 2.05) is 17.5 Å². The van der Waals surface area contributed by atoms with Crippen molar-refractivity contribution in [1.82, 2.24) is 4.90 Å². The highest BCUT2D eigenvalue weighted by Gasteiger charge is 2.38. The molecule has 1 fully saturated rings. The zero-order chi connectivity index (χ0) is 18.0. The molecule has 1 N–H and O–H groups in total. The summed E-state index contributed by atoms with van der Waals surface area (Å²) in [6.45, 7) is 1.66. The van der Waals surface area contributed by atoms with E-state index in [1.54, 1.807) is 37.3 Å². The standard InChI is InChI=1S/C17H13ClN2O2S3/c1-10(15(21)19-12-6-4-11(18)5-7-12)20-16(22)14(25-17(20)23)9-13-3-2-8-24-13/h2-10H,1H3,(H,19,21)/b14-9-. The van der Waals surface area contributed by atoms with Gasteiger partial charge in [0.2, 0.25) is 5.91 Å². The quantitative estimate of drug-likeness (QED) is 0.591. The van der Waals surface area contributed by atoms with Gasteiger partial charge in [-0.3, -0.25) is 14.5 Å². The van der Waals surface area contributed by atoms with Crippen LogP contribution in [0, 0.1) is 0 Å². The van der Waals surface area contributed by atoms with E-state index in [4.69, 9.17) is 23.8 Å². The molecule has 1 saturated heterocycles. The maximum absolute atomic E-state index is 12.6. The molecule has 0 bridgehead atoms. The minimum atomic E-state index is -0.711. The molecule has 0 radical (unpaired) electrons. The maximum Gasteiger partial charge on any atom is 0.266 e. The summed E-state index contributed by atoms with van der Waals surface area (Å²) in [4.78, 5) is 28.0. The summed E-state index contributed by atoms with van der Waals surface area (Å²) < 4.78 is 0.381. The molecule has 3 rings (SSSR count). The minimum absolute atomic E-state index is 0.248. The van der Waals surface area contributed by atoms with Gasteiger partial charge in [-0.05, 0) is 48.7 Å². The van der Waals surface area contributed by atoms with Gasteiger partial charge in [-0.2, -0.15) is 0 Å². The van der Waals surface area contributed by atoms with Crippen molar-refractivity contribution in [2.45, 2.75) is 13.0 Å². The topological polar surface area (TPSA) is 49.4 Å². The molecule has 8 heteroatoms. The first-order valence-corrected chi connectivity index (χ1v) is 9.81. The van der Waals surface area contributed by atoms with Crippen LogP contribution in [0.4, 0.5) is 5.69 Å². The predicted molar refractivity (Wildman–Crippen MR) is 109 cm³/mol. The molecule has 2 amide bonds. The molecule has 25 heavy (non-hydrogen) atoms. The van der Waals surface area contributed by atoms with Crippen LogP contribution >= 0.6 is 46.9 Å². The summed E-state index contributed by atoms with van der Waals surface area (Å²) in [5, 5.41) is 5.29. The van der Waals surface area contributed by atoms with Crippen molar-refractivity contribution in [3.8, 4) is 0 Å². The van der Waals surface area contributed by atoms with Crippen molar-refractivity contribution >= 4 is 74.8 Å². The molecule has 0 aliphatic carbocycles. The van der Waals surface area contributed by atoms with Gasteiger partial charge in [-0.15, -0.1) is 11.3 Å². The number of nitrogens with one attached hydrogen (secondary N) is 1. The van der Waals surface area contributed by atoms with Crippen molar-refractivity contribution < 1.29 is 9.59 Å². The number of rotatable bonds is 4. The van der Waals surface area contributed by atoms with E-state index in [-0.39, 0.29) is 11.8 Å². The Balaban J connectivity index is 1.73. The average molecular weight is 409 g/mol. The number of carbonyl (C=O) groups is 2. The Hall–Kier alpha value is -1.67. The fourth-order valence-corrected chi connectivity index (χ4v) is 4.48.